The molecule has 2 amide bonds. The molecule has 3 N–H and O–H groups in total. The van der Waals surface area contributed by atoms with Crippen LogP contribution in [0.4, 0.5) is 11.4 Å². The largest absolute Gasteiger partial charge is 0.487 e. The van der Waals surface area contributed by atoms with Gasteiger partial charge in [0.1, 0.15) is 18.8 Å². The molecule has 0 aliphatic carbocycles. The second-order valence-corrected chi connectivity index (χ2v) is 7.99. The molecule has 0 saturated heterocycles. The highest BCUT2D eigenvalue weighted by molar-refractivity contribution is 9.11. The Labute approximate surface area is 185 Å². The van der Waals surface area contributed by atoms with Crippen LogP contribution in [0.25, 0.3) is 0 Å². The number of aliphatic carboxylic acids is 1. The maximum absolute atomic E-state index is 11.6. The molecule has 0 unspecified atom stereocenters. The molecule has 0 atom stereocenters. The lowest BCUT2D eigenvalue weighted by Gasteiger charge is -2.14. The zero-order chi connectivity index (χ0) is 21.6. The van der Waals surface area contributed by atoms with Crippen LogP contribution < -0.4 is 15.4 Å². The quantitative estimate of drug-likeness (QED) is 0.425. The average Bonchev–Trinajstić information content (AvgIpc) is 2.59. The highest BCUT2D eigenvalue weighted by Gasteiger charge is 2.13. The number of carboxylic acids is 1. The first-order valence-electron chi connectivity index (χ1n) is 8.71. The Morgan fingerprint density at radius 1 is 0.966 bits per heavy atom. The van der Waals surface area contributed by atoms with E-state index in [-0.39, 0.29) is 12.5 Å². The van der Waals surface area contributed by atoms with Gasteiger partial charge in [-0.05, 0) is 74.2 Å². The van der Waals surface area contributed by atoms with Gasteiger partial charge in [0.25, 0.3) is 0 Å². The minimum absolute atomic E-state index is 0.0616. The molecule has 0 spiro atoms. The van der Waals surface area contributed by atoms with Crippen LogP contribution in [-0.2, 0) is 21.0 Å². The fraction of sp³-hybridized carbons (Fsp3) is 0.250. The number of benzene rings is 2. The second-order valence-electron chi connectivity index (χ2n) is 6.29. The van der Waals surface area contributed by atoms with Crippen molar-refractivity contribution < 1.29 is 24.2 Å². The van der Waals surface area contributed by atoms with Gasteiger partial charge in [-0.15, -0.1) is 0 Å². The van der Waals surface area contributed by atoms with Crippen molar-refractivity contribution in [2.45, 2.75) is 33.3 Å². The van der Waals surface area contributed by atoms with E-state index in [0.29, 0.717) is 32.5 Å². The van der Waals surface area contributed by atoms with Crippen molar-refractivity contribution in [1.82, 2.24) is 0 Å². The number of ether oxygens (including phenoxy) is 1. The van der Waals surface area contributed by atoms with Gasteiger partial charge in [0.05, 0.1) is 8.95 Å². The lowest BCUT2D eigenvalue weighted by atomic mass is 10.1. The number of hydrogen-bond donors (Lipinski definition) is 3. The number of carbonyl (C=O) groups is 3. The van der Waals surface area contributed by atoms with Gasteiger partial charge in [-0.1, -0.05) is 13.0 Å². The average molecular weight is 528 g/mol. The van der Waals surface area contributed by atoms with E-state index in [1.807, 2.05) is 25.1 Å². The van der Waals surface area contributed by atoms with Crippen LogP contribution in [0.3, 0.4) is 0 Å². The Hall–Kier alpha value is -2.39. The van der Waals surface area contributed by atoms with Gasteiger partial charge < -0.3 is 20.5 Å². The minimum Gasteiger partial charge on any atom is -0.487 e. The molecule has 0 radical (unpaired) electrons. The third-order valence-electron chi connectivity index (χ3n) is 3.72. The molecule has 2 rings (SSSR count). The van der Waals surface area contributed by atoms with Crippen molar-refractivity contribution in [3.63, 3.8) is 0 Å². The Bertz CT molecular complexity index is 923. The van der Waals surface area contributed by atoms with E-state index in [9.17, 15) is 14.4 Å². The first-order valence-corrected chi connectivity index (χ1v) is 10.3. The molecule has 9 heteroatoms. The maximum Gasteiger partial charge on any atom is 0.312 e. The van der Waals surface area contributed by atoms with Crippen molar-refractivity contribution in [2.75, 3.05) is 10.6 Å². The van der Waals surface area contributed by atoms with Crippen LogP contribution in [0.1, 0.15) is 30.9 Å². The maximum atomic E-state index is 11.6. The third kappa shape index (κ3) is 7.17. The summed E-state index contributed by atoms with van der Waals surface area (Å²) in [5, 5.41) is 14.0. The normalized spacial score (nSPS) is 10.3. The first-order chi connectivity index (χ1) is 13.7. The minimum atomic E-state index is -1.20. The predicted molar refractivity (Wildman–Crippen MR) is 117 cm³/mol. The topological polar surface area (TPSA) is 105 Å². The lowest BCUT2D eigenvalue weighted by Crippen LogP contribution is -2.16. The van der Waals surface area contributed by atoms with Crippen molar-refractivity contribution in [3.05, 3.63) is 50.4 Å². The van der Waals surface area contributed by atoms with Crippen molar-refractivity contribution in [2.24, 2.45) is 0 Å². The van der Waals surface area contributed by atoms with E-state index in [1.54, 1.807) is 19.1 Å². The molecule has 29 heavy (non-hydrogen) atoms. The standard InChI is InChI=1S/C20H20Br2N2O5/c1-3-17(25)23-13-5-11(2)4-12(6-13)10-29-20-15(21)7-14(8-16(20)22)24-18(26)9-19(27)28/h4-8H,3,9-10H2,1-2H3,(H,23,25)(H,24,26)(H,27,28). The highest BCUT2D eigenvalue weighted by atomic mass is 79.9. The Balaban J connectivity index is 2.12. The summed E-state index contributed by atoms with van der Waals surface area (Å²) in [6, 6.07) is 8.95. The van der Waals surface area contributed by atoms with Crippen molar-refractivity contribution in [1.29, 1.82) is 0 Å². The van der Waals surface area contributed by atoms with Crippen LogP contribution in [0.2, 0.25) is 0 Å². The summed E-state index contributed by atoms with van der Waals surface area (Å²) in [6.07, 6.45) is -0.216. The fourth-order valence-electron chi connectivity index (χ4n) is 2.54. The second kappa shape index (κ2) is 10.4. The fourth-order valence-corrected chi connectivity index (χ4v) is 3.95. The van der Waals surface area contributed by atoms with E-state index in [4.69, 9.17) is 9.84 Å². The zero-order valence-corrected chi connectivity index (χ0v) is 19.0. The summed E-state index contributed by atoms with van der Waals surface area (Å²) in [4.78, 5) is 33.9. The van der Waals surface area contributed by atoms with Crippen molar-refractivity contribution >= 4 is 61.0 Å². The van der Waals surface area contributed by atoms with Crippen molar-refractivity contribution in [3.8, 4) is 5.75 Å². The number of hydrogen-bond acceptors (Lipinski definition) is 4. The summed E-state index contributed by atoms with van der Waals surface area (Å²) in [5.41, 5.74) is 3.02. The Morgan fingerprint density at radius 3 is 2.14 bits per heavy atom. The molecule has 2 aromatic carbocycles. The zero-order valence-electron chi connectivity index (χ0n) is 15.8. The summed E-state index contributed by atoms with van der Waals surface area (Å²) >= 11 is 6.81. The number of carbonyl (C=O) groups excluding carboxylic acids is 2. The van der Waals surface area contributed by atoms with Gasteiger partial charge in [-0.3, -0.25) is 14.4 Å². The highest BCUT2D eigenvalue weighted by Crippen LogP contribution is 2.37. The molecule has 0 aliphatic heterocycles. The Kier molecular flexibility index (Phi) is 8.21. The number of nitrogens with one attached hydrogen (secondary N) is 2. The molecule has 0 fully saturated rings. The van der Waals surface area contributed by atoms with Crippen LogP contribution >= 0.6 is 31.9 Å². The number of carboxylic acid groups (broad SMARTS) is 1. The number of anilines is 2. The lowest BCUT2D eigenvalue weighted by molar-refractivity contribution is -0.139. The summed E-state index contributed by atoms with van der Waals surface area (Å²) in [6.45, 7) is 3.99. The Morgan fingerprint density at radius 2 is 1.55 bits per heavy atom. The molecule has 0 bridgehead atoms. The molecular weight excluding hydrogens is 508 g/mol. The number of halogens is 2. The summed E-state index contributed by atoms with van der Waals surface area (Å²) in [5.74, 6) is -1.35. The van der Waals surface area contributed by atoms with E-state index in [1.165, 1.54) is 0 Å². The third-order valence-corrected chi connectivity index (χ3v) is 4.90. The van der Waals surface area contributed by atoms with E-state index >= 15 is 0 Å². The molecule has 0 heterocycles. The van der Waals surface area contributed by atoms with Gasteiger partial charge >= 0.3 is 5.97 Å². The summed E-state index contributed by atoms with van der Waals surface area (Å²) in [7, 11) is 0. The summed E-state index contributed by atoms with van der Waals surface area (Å²) < 4.78 is 7.08. The molecule has 0 aliphatic rings. The van der Waals surface area contributed by atoms with Crippen LogP contribution in [-0.4, -0.2) is 22.9 Å². The van der Waals surface area contributed by atoms with E-state index in [2.05, 4.69) is 42.5 Å². The van der Waals surface area contributed by atoms with Gasteiger partial charge in [-0.25, -0.2) is 0 Å². The first kappa shape index (κ1) is 22.9. The van der Waals surface area contributed by atoms with Crippen LogP contribution in [0.15, 0.2) is 39.3 Å². The van der Waals surface area contributed by atoms with Gasteiger partial charge in [-0.2, -0.15) is 0 Å². The van der Waals surface area contributed by atoms with Gasteiger partial charge in [0, 0.05) is 17.8 Å². The smallest absolute Gasteiger partial charge is 0.312 e. The SMILES string of the molecule is CCC(=O)Nc1cc(C)cc(COc2c(Br)cc(NC(=O)CC(=O)O)cc2Br)c1. The van der Waals surface area contributed by atoms with Crippen LogP contribution in [0, 0.1) is 6.92 Å². The van der Waals surface area contributed by atoms with Crippen LogP contribution in [0.5, 0.6) is 5.75 Å². The molecule has 2 aromatic rings. The van der Waals surface area contributed by atoms with E-state index < -0.39 is 18.3 Å². The predicted octanol–water partition coefficient (Wildman–Crippen LogP) is 4.86. The molecular formula is C20H20Br2N2O5. The number of amides is 2. The van der Waals surface area contributed by atoms with E-state index in [0.717, 1.165) is 11.1 Å². The van der Waals surface area contributed by atoms with Gasteiger partial charge in [0.15, 0.2) is 0 Å². The molecule has 154 valence electrons. The monoisotopic (exact) mass is 526 g/mol. The molecule has 7 nitrogen and oxygen atoms in total. The molecule has 0 aromatic heterocycles. The number of aryl methyl sites for hydroxylation is 1. The molecule has 0 saturated carbocycles. The van der Waals surface area contributed by atoms with Gasteiger partial charge in [0.2, 0.25) is 11.8 Å². The number of rotatable bonds is 8.